The second kappa shape index (κ2) is 2.65. The second-order valence-corrected chi connectivity index (χ2v) is 3.05. The molecule has 0 spiro atoms. The maximum absolute atomic E-state index is 13.1. The third-order valence-corrected chi connectivity index (χ3v) is 1.80. The lowest BCUT2D eigenvalue weighted by Gasteiger charge is -2.16. The van der Waals surface area contributed by atoms with Crippen molar-refractivity contribution >= 4 is 0 Å². The number of hydrogen-bond donors (Lipinski definition) is 1. The molecule has 1 nitrogen and oxygen atoms in total. The highest BCUT2D eigenvalue weighted by Crippen LogP contribution is 2.19. The Balaban J connectivity index is 2.36. The molecule has 0 aromatic heterocycles. The van der Waals surface area contributed by atoms with E-state index in [9.17, 15) is 4.39 Å². The fourth-order valence-electron chi connectivity index (χ4n) is 1.18. The van der Waals surface area contributed by atoms with Gasteiger partial charge in [0.05, 0.1) is 0 Å². The molecule has 9 heavy (non-hydrogen) atoms. The quantitative estimate of drug-likeness (QED) is 0.525. The van der Waals surface area contributed by atoms with Gasteiger partial charge in [-0.1, -0.05) is 0 Å². The van der Waals surface area contributed by atoms with Gasteiger partial charge in [0.1, 0.15) is 5.67 Å². The average Bonchev–Trinajstić information content (AvgIpc) is 1.92. The van der Waals surface area contributed by atoms with Crippen molar-refractivity contribution < 1.29 is 4.39 Å². The van der Waals surface area contributed by atoms with Gasteiger partial charge in [0.2, 0.25) is 0 Å². The number of nitrogens with one attached hydrogen (secondary N) is 1. The van der Waals surface area contributed by atoms with E-state index in [0.29, 0.717) is 6.54 Å². The maximum Gasteiger partial charge on any atom is 0.120 e. The Hall–Kier alpha value is -0.110. The maximum atomic E-state index is 13.1. The third-order valence-electron chi connectivity index (χ3n) is 1.80. The molecule has 1 rings (SSSR count). The monoisotopic (exact) mass is 131 g/mol. The van der Waals surface area contributed by atoms with Crippen molar-refractivity contribution in [3.8, 4) is 0 Å². The zero-order valence-corrected chi connectivity index (χ0v) is 5.91. The predicted molar refractivity (Wildman–Crippen MR) is 36.2 cm³/mol. The lowest BCUT2D eigenvalue weighted by Crippen LogP contribution is -2.31. The van der Waals surface area contributed by atoms with Crippen LogP contribution in [-0.2, 0) is 0 Å². The summed E-state index contributed by atoms with van der Waals surface area (Å²) >= 11 is 0. The highest BCUT2D eigenvalue weighted by molar-refractivity contribution is 4.78. The minimum atomic E-state index is -0.948. The number of rotatable bonds is 0. The van der Waals surface area contributed by atoms with E-state index in [1.807, 2.05) is 0 Å². The minimum Gasteiger partial charge on any atom is -0.314 e. The summed E-state index contributed by atoms with van der Waals surface area (Å²) in [6.45, 7) is 3.19. The summed E-state index contributed by atoms with van der Waals surface area (Å²) in [6, 6.07) is 0. The molecule has 0 amide bonds. The van der Waals surface area contributed by atoms with Gasteiger partial charge in [-0.3, -0.25) is 0 Å². The summed E-state index contributed by atoms with van der Waals surface area (Å²) in [6.07, 6.45) is 2.87. The van der Waals surface area contributed by atoms with Crippen LogP contribution in [0.4, 0.5) is 4.39 Å². The lowest BCUT2D eigenvalue weighted by molar-refractivity contribution is 0.179. The zero-order chi connectivity index (χ0) is 6.74. The Labute approximate surface area is 55.6 Å². The molecule has 1 atom stereocenters. The van der Waals surface area contributed by atoms with Crippen molar-refractivity contribution in [3.63, 3.8) is 0 Å². The summed E-state index contributed by atoms with van der Waals surface area (Å²) in [5.41, 5.74) is -0.948. The van der Waals surface area contributed by atoms with Gasteiger partial charge in [0.15, 0.2) is 0 Å². The van der Waals surface area contributed by atoms with Gasteiger partial charge in [-0.25, -0.2) is 4.39 Å². The van der Waals surface area contributed by atoms with Gasteiger partial charge < -0.3 is 5.32 Å². The van der Waals surface area contributed by atoms with E-state index < -0.39 is 5.67 Å². The van der Waals surface area contributed by atoms with Crippen LogP contribution in [0.25, 0.3) is 0 Å². The predicted octanol–water partition coefficient (Wildman–Crippen LogP) is 1.49. The Kier molecular flexibility index (Phi) is 2.06. The van der Waals surface area contributed by atoms with Gasteiger partial charge in [0, 0.05) is 6.54 Å². The number of hydrogen-bond acceptors (Lipinski definition) is 1. The fraction of sp³-hybridized carbons (Fsp3) is 1.00. The standard InChI is InChI=1S/C7H14FN/c1-7(8)4-2-3-5-9-6-7/h9H,2-6H2,1H3/t7-/m1/s1. The molecule has 1 saturated heterocycles. The molecular weight excluding hydrogens is 117 g/mol. The molecule has 1 fully saturated rings. The van der Waals surface area contributed by atoms with Gasteiger partial charge in [-0.15, -0.1) is 0 Å². The molecule has 0 saturated carbocycles. The van der Waals surface area contributed by atoms with Crippen LogP contribution in [-0.4, -0.2) is 18.8 Å². The first-order chi connectivity index (χ1) is 4.21. The summed E-state index contributed by atoms with van der Waals surface area (Å²) in [5, 5.41) is 3.06. The van der Waals surface area contributed by atoms with E-state index >= 15 is 0 Å². The smallest absolute Gasteiger partial charge is 0.120 e. The molecule has 2 heteroatoms. The fourth-order valence-corrected chi connectivity index (χ4v) is 1.18. The SMILES string of the molecule is C[C@@]1(F)CCCCNC1. The molecule has 0 aromatic rings. The second-order valence-electron chi connectivity index (χ2n) is 3.05. The highest BCUT2D eigenvalue weighted by Gasteiger charge is 2.23. The van der Waals surface area contributed by atoms with Crippen molar-refractivity contribution in [2.75, 3.05) is 13.1 Å². The van der Waals surface area contributed by atoms with Crippen LogP contribution in [0.1, 0.15) is 26.2 Å². The van der Waals surface area contributed by atoms with E-state index in [-0.39, 0.29) is 0 Å². The van der Waals surface area contributed by atoms with Crippen LogP contribution in [0.3, 0.4) is 0 Å². The van der Waals surface area contributed by atoms with Crippen molar-refractivity contribution in [1.29, 1.82) is 0 Å². The molecule has 1 N–H and O–H groups in total. The zero-order valence-electron chi connectivity index (χ0n) is 5.91. The highest BCUT2D eigenvalue weighted by atomic mass is 19.1. The van der Waals surface area contributed by atoms with Crippen molar-refractivity contribution in [1.82, 2.24) is 5.32 Å². The van der Waals surface area contributed by atoms with Crippen LogP contribution in [0.15, 0.2) is 0 Å². The van der Waals surface area contributed by atoms with Crippen LogP contribution in [0.2, 0.25) is 0 Å². The normalized spacial score (nSPS) is 38.0. The van der Waals surface area contributed by atoms with E-state index in [4.69, 9.17) is 0 Å². The van der Waals surface area contributed by atoms with Gasteiger partial charge in [-0.05, 0) is 32.7 Å². The number of halogens is 1. The molecule has 1 aliphatic rings. The Bertz CT molecular complexity index is 80.9. The third kappa shape index (κ3) is 2.31. The molecule has 1 aliphatic heterocycles. The van der Waals surface area contributed by atoms with Crippen LogP contribution in [0.5, 0.6) is 0 Å². The first-order valence-electron chi connectivity index (χ1n) is 3.60. The largest absolute Gasteiger partial charge is 0.314 e. The first kappa shape index (κ1) is 7.00. The number of alkyl halides is 1. The van der Waals surface area contributed by atoms with Gasteiger partial charge >= 0.3 is 0 Å². The lowest BCUT2D eigenvalue weighted by atomic mass is 10.0. The summed E-state index contributed by atoms with van der Waals surface area (Å²) in [5.74, 6) is 0. The topological polar surface area (TPSA) is 12.0 Å². The minimum absolute atomic E-state index is 0.535. The van der Waals surface area contributed by atoms with E-state index in [1.165, 1.54) is 0 Å². The van der Waals surface area contributed by atoms with E-state index in [0.717, 1.165) is 25.8 Å². The molecule has 0 bridgehead atoms. The van der Waals surface area contributed by atoms with Crippen molar-refractivity contribution in [3.05, 3.63) is 0 Å². The molecular formula is C7H14FN. The van der Waals surface area contributed by atoms with Crippen molar-refractivity contribution in [2.24, 2.45) is 0 Å². The summed E-state index contributed by atoms with van der Waals surface area (Å²) in [4.78, 5) is 0. The van der Waals surface area contributed by atoms with Gasteiger partial charge in [-0.2, -0.15) is 0 Å². The molecule has 0 unspecified atom stereocenters. The molecule has 0 radical (unpaired) electrons. The Morgan fingerprint density at radius 1 is 1.44 bits per heavy atom. The summed E-state index contributed by atoms with van der Waals surface area (Å²) < 4.78 is 13.1. The van der Waals surface area contributed by atoms with E-state index in [1.54, 1.807) is 6.92 Å². The van der Waals surface area contributed by atoms with Crippen molar-refractivity contribution in [2.45, 2.75) is 31.9 Å². The molecule has 0 aromatic carbocycles. The van der Waals surface area contributed by atoms with Gasteiger partial charge in [0.25, 0.3) is 0 Å². The Morgan fingerprint density at radius 3 is 3.00 bits per heavy atom. The molecule has 0 aliphatic carbocycles. The molecule has 54 valence electrons. The first-order valence-corrected chi connectivity index (χ1v) is 3.60. The molecule has 1 heterocycles. The van der Waals surface area contributed by atoms with Crippen LogP contribution >= 0.6 is 0 Å². The Morgan fingerprint density at radius 2 is 2.22 bits per heavy atom. The average molecular weight is 131 g/mol. The summed E-state index contributed by atoms with van der Waals surface area (Å²) in [7, 11) is 0. The van der Waals surface area contributed by atoms with E-state index in [2.05, 4.69) is 5.32 Å². The van der Waals surface area contributed by atoms with Crippen LogP contribution < -0.4 is 5.32 Å². The van der Waals surface area contributed by atoms with Crippen LogP contribution in [0, 0.1) is 0 Å².